The summed E-state index contributed by atoms with van der Waals surface area (Å²) in [5.41, 5.74) is 2.51. The number of Topliss-reactive ketones (excluding diaryl/α,β-unsaturated/α-hetero) is 1. The standard InChI is InChI=1S/C16H24O/c1-5-6-16(17)13(4)15-9-7-14(8-10-15)11-12(2)3/h7-10,12-13H,5-6,11H2,1-4H3. The summed E-state index contributed by atoms with van der Waals surface area (Å²) >= 11 is 0. The lowest BCUT2D eigenvalue weighted by Crippen LogP contribution is -2.08. The van der Waals surface area contributed by atoms with Gasteiger partial charge in [0.1, 0.15) is 5.78 Å². The molecule has 0 radical (unpaired) electrons. The minimum Gasteiger partial charge on any atom is -0.299 e. The van der Waals surface area contributed by atoms with E-state index in [0.29, 0.717) is 18.1 Å². The average Bonchev–Trinajstić information content (AvgIpc) is 2.28. The third kappa shape index (κ3) is 4.33. The molecule has 0 N–H and O–H groups in total. The van der Waals surface area contributed by atoms with Gasteiger partial charge in [0, 0.05) is 12.3 Å². The van der Waals surface area contributed by atoms with Crippen LogP contribution in [0.2, 0.25) is 0 Å². The molecular formula is C16H24O. The predicted molar refractivity (Wildman–Crippen MR) is 73.3 cm³/mol. The largest absolute Gasteiger partial charge is 0.299 e. The van der Waals surface area contributed by atoms with Gasteiger partial charge in [0.25, 0.3) is 0 Å². The first-order valence-corrected chi connectivity index (χ1v) is 6.66. The molecule has 0 aromatic heterocycles. The smallest absolute Gasteiger partial charge is 0.140 e. The molecular weight excluding hydrogens is 208 g/mol. The van der Waals surface area contributed by atoms with Gasteiger partial charge in [0.05, 0.1) is 0 Å². The summed E-state index contributed by atoms with van der Waals surface area (Å²) in [5, 5.41) is 0. The fourth-order valence-electron chi connectivity index (χ4n) is 2.06. The highest BCUT2D eigenvalue weighted by Gasteiger charge is 2.13. The first kappa shape index (κ1) is 14.0. The molecule has 1 aromatic rings. The van der Waals surface area contributed by atoms with Gasteiger partial charge >= 0.3 is 0 Å². The van der Waals surface area contributed by atoms with Crippen LogP contribution in [0.1, 0.15) is 57.6 Å². The molecule has 1 heteroatoms. The zero-order valence-corrected chi connectivity index (χ0v) is 11.5. The highest BCUT2D eigenvalue weighted by atomic mass is 16.1. The average molecular weight is 232 g/mol. The first-order chi connectivity index (χ1) is 8.04. The van der Waals surface area contributed by atoms with Gasteiger partial charge in [-0.05, 0) is 29.9 Å². The van der Waals surface area contributed by atoms with Crippen LogP contribution in [0.5, 0.6) is 0 Å². The molecule has 0 bridgehead atoms. The van der Waals surface area contributed by atoms with Crippen LogP contribution in [-0.2, 0) is 11.2 Å². The van der Waals surface area contributed by atoms with E-state index in [4.69, 9.17) is 0 Å². The molecule has 0 spiro atoms. The highest BCUT2D eigenvalue weighted by molar-refractivity contribution is 5.85. The molecule has 0 aliphatic rings. The number of hydrogen-bond acceptors (Lipinski definition) is 1. The van der Waals surface area contributed by atoms with E-state index in [1.807, 2.05) is 6.92 Å². The molecule has 1 unspecified atom stereocenters. The molecule has 94 valence electrons. The van der Waals surface area contributed by atoms with Gasteiger partial charge in [0.2, 0.25) is 0 Å². The summed E-state index contributed by atoms with van der Waals surface area (Å²) in [6.45, 7) is 8.51. The third-order valence-electron chi connectivity index (χ3n) is 3.10. The molecule has 0 amide bonds. The van der Waals surface area contributed by atoms with E-state index in [1.165, 1.54) is 5.56 Å². The summed E-state index contributed by atoms with van der Waals surface area (Å²) < 4.78 is 0. The maximum Gasteiger partial charge on any atom is 0.140 e. The summed E-state index contributed by atoms with van der Waals surface area (Å²) in [7, 11) is 0. The van der Waals surface area contributed by atoms with Crippen molar-refractivity contribution in [3.05, 3.63) is 35.4 Å². The molecule has 0 saturated heterocycles. The number of rotatable bonds is 6. The Hall–Kier alpha value is -1.11. The molecule has 0 aliphatic carbocycles. The quantitative estimate of drug-likeness (QED) is 0.712. The Morgan fingerprint density at radius 1 is 1.12 bits per heavy atom. The van der Waals surface area contributed by atoms with Crippen molar-refractivity contribution in [2.75, 3.05) is 0 Å². The van der Waals surface area contributed by atoms with Crippen LogP contribution in [0.15, 0.2) is 24.3 Å². The first-order valence-electron chi connectivity index (χ1n) is 6.66. The maximum atomic E-state index is 11.8. The lowest BCUT2D eigenvalue weighted by Gasteiger charge is -2.11. The van der Waals surface area contributed by atoms with Crippen LogP contribution in [-0.4, -0.2) is 5.78 Å². The van der Waals surface area contributed by atoms with E-state index in [1.54, 1.807) is 0 Å². The van der Waals surface area contributed by atoms with Crippen molar-refractivity contribution in [1.29, 1.82) is 0 Å². The lowest BCUT2D eigenvalue weighted by atomic mass is 9.92. The lowest BCUT2D eigenvalue weighted by molar-refractivity contribution is -0.120. The Morgan fingerprint density at radius 2 is 1.71 bits per heavy atom. The van der Waals surface area contributed by atoms with E-state index in [0.717, 1.165) is 18.4 Å². The van der Waals surface area contributed by atoms with Crippen molar-refractivity contribution >= 4 is 5.78 Å². The predicted octanol–water partition coefficient (Wildman–Crippen LogP) is 4.36. The molecule has 0 aliphatic heterocycles. The molecule has 1 nitrogen and oxygen atoms in total. The van der Waals surface area contributed by atoms with Crippen molar-refractivity contribution in [2.24, 2.45) is 5.92 Å². The van der Waals surface area contributed by atoms with Gasteiger partial charge in [-0.25, -0.2) is 0 Å². The Morgan fingerprint density at radius 3 is 2.18 bits per heavy atom. The van der Waals surface area contributed by atoms with Gasteiger partial charge in [-0.2, -0.15) is 0 Å². The Balaban J connectivity index is 2.70. The third-order valence-corrected chi connectivity index (χ3v) is 3.10. The van der Waals surface area contributed by atoms with Crippen LogP contribution < -0.4 is 0 Å². The van der Waals surface area contributed by atoms with E-state index >= 15 is 0 Å². The van der Waals surface area contributed by atoms with Crippen LogP contribution in [0, 0.1) is 5.92 Å². The summed E-state index contributed by atoms with van der Waals surface area (Å²) in [5.74, 6) is 1.08. The molecule has 17 heavy (non-hydrogen) atoms. The monoisotopic (exact) mass is 232 g/mol. The second kappa shape index (κ2) is 6.58. The summed E-state index contributed by atoms with van der Waals surface area (Å²) in [6, 6.07) is 8.53. The second-order valence-electron chi connectivity index (χ2n) is 5.28. The van der Waals surface area contributed by atoms with Crippen LogP contribution in [0.25, 0.3) is 0 Å². The minimum atomic E-state index is 0.0445. The van der Waals surface area contributed by atoms with Gasteiger partial charge in [-0.15, -0.1) is 0 Å². The normalized spacial score (nSPS) is 12.8. The Kier molecular flexibility index (Phi) is 5.40. The van der Waals surface area contributed by atoms with Gasteiger partial charge in [-0.3, -0.25) is 4.79 Å². The van der Waals surface area contributed by atoms with Crippen molar-refractivity contribution in [3.8, 4) is 0 Å². The van der Waals surface area contributed by atoms with Crippen LogP contribution in [0.3, 0.4) is 0 Å². The van der Waals surface area contributed by atoms with E-state index in [-0.39, 0.29) is 5.92 Å². The second-order valence-corrected chi connectivity index (χ2v) is 5.28. The van der Waals surface area contributed by atoms with Crippen molar-refractivity contribution in [1.82, 2.24) is 0 Å². The number of benzene rings is 1. The topological polar surface area (TPSA) is 17.1 Å². The zero-order chi connectivity index (χ0) is 12.8. The van der Waals surface area contributed by atoms with Crippen molar-refractivity contribution in [2.45, 2.75) is 52.9 Å². The van der Waals surface area contributed by atoms with Crippen molar-refractivity contribution < 1.29 is 4.79 Å². The molecule has 1 aromatic carbocycles. The summed E-state index contributed by atoms with van der Waals surface area (Å²) in [4.78, 5) is 11.8. The van der Waals surface area contributed by atoms with Gasteiger partial charge in [-0.1, -0.05) is 52.0 Å². The van der Waals surface area contributed by atoms with Crippen LogP contribution >= 0.6 is 0 Å². The van der Waals surface area contributed by atoms with Gasteiger partial charge in [0.15, 0.2) is 0 Å². The van der Waals surface area contributed by atoms with E-state index < -0.39 is 0 Å². The summed E-state index contributed by atoms with van der Waals surface area (Å²) in [6.07, 6.45) is 2.74. The Bertz CT molecular complexity index is 348. The zero-order valence-electron chi connectivity index (χ0n) is 11.5. The molecule has 1 rings (SSSR count). The molecule has 0 fully saturated rings. The number of ketones is 1. The van der Waals surface area contributed by atoms with Gasteiger partial charge < -0.3 is 0 Å². The number of hydrogen-bond donors (Lipinski definition) is 0. The molecule has 1 atom stereocenters. The van der Waals surface area contributed by atoms with Crippen LogP contribution in [0.4, 0.5) is 0 Å². The maximum absolute atomic E-state index is 11.8. The fourth-order valence-corrected chi connectivity index (χ4v) is 2.06. The number of carbonyl (C=O) groups is 1. The minimum absolute atomic E-state index is 0.0445. The highest BCUT2D eigenvalue weighted by Crippen LogP contribution is 2.20. The van der Waals surface area contributed by atoms with Crippen molar-refractivity contribution in [3.63, 3.8) is 0 Å². The SMILES string of the molecule is CCCC(=O)C(C)c1ccc(CC(C)C)cc1. The molecule has 0 heterocycles. The molecule has 0 saturated carbocycles. The van der Waals surface area contributed by atoms with E-state index in [9.17, 15) is 4.79 Å². The number of carbonyl (C=O) groups excluding carboxylic acids is 1. The fraction of sp³-hybridized carbons (Fsp3) is 0.562. The Labute approximate surface area is 105 Å². The van der Waals surface area contributed by atoms with E-state index in [2.05, 4.69) is 45.0 Å².